The Morgan fingerprint density at radius 3 is 2.75 bits per heavy atom. The fourth-order valence-electron chi connectivity index (χ4n) is 1.46. The van der Waals surface area contributed by atoms with Gasteiger partial charge in [-0.15, -0.1) is 10.2 Å². The molecule has 0 unspecified atom stereocenters. The van der Waals surface area contributed by atoms with Gasteiger partial charge in [-0.1, -0.05) is 23.1 Å². The van der Waals surface area contributed by atoms with Crippen molar-refractivity contribution in [1.82, 2.24) is 10.2 Å². The van der Waals surface area contributed by atoms with E-state index >= 15 is 0 Å². The quantitative estimate of drug-likeness (QED) is 0.668. The molecule has 0 aliphatic rings. The minimum absolute atomic E-state index is 0.0805. The summed E-state index contributed by atoms with van der Waals surface area (Å²) in [7, 11) is 3.76. The van der Waals surface area contributed by atoms with Crippen LogP contribution in [0.25, 0.3) is 0 Å². The Morgan fingerprint density at radius 2 is 2.20 bits per heavy atom. The number of benzene rings is 1. The number of aliphatic hydroxyl groups is 1. The normalized spacial score (nSPS) is 10.6. The Labute approximate surface area is 123 Å². The van der Waals surface area contributed by atoms with E-state index in [-0.39, 0.29) is 17.9 Å². The summed E-state index contributed by atoms with van der Waals surface area (Å²) in [4.78, 5) is 12.9. The molecule has 0 saturated heterocycles. The molecular formula is C11H12N4O3S2. The van der Waals surface area contributed by atoms with Crippen molar-refractivity contribution in [3.8, 4) is 0 Å². The van der Waals surface area contributed by atoms with Crippen LogP contribution in [-0.2, 0) is 6.61 Å². The summed E-state index contributed by atoms with van der Waals surface area (Å²) in [6.45, 7) is -0.371. The Bertz CT molecular complexity index is 630. The van der Waals surface area contributed by atoms with Gasteiger partial charge in [-0.2, -0.15) is 0 Å². The van der Waals surface area contributed by atoms with E-state index in [0.29, 0.717) is 0 Å². The fraction of sp³-hybridized carbons (Fsp3) is 0.273. The summed E-state index contributed by atoms with van der Waals surface area (Å²) in [6, 6.07) is 4.63. The zero-order valence-electron chi connectivity index (χ0n) is 10.8. The van der Waals surface area contributed by atoms with Crippen molar-refractivity contribution in [3.63, 3.8) is 0 Å². The number of hydrogen-bond donors (Lipinski definition) is 1. The summed E-state index contributed by atoms with van der Waals surface area (Å²) in [5.41, 5.74) is 0.209. The van der Waals surface area contributed by atoms with Crippen LogP contribution in [0.2, 0.25) is 0 Å². The number of rotatable bonds is 5. The van der Waals surface area contributed by atoms with Gasteiger partial charge in [0.15, 0.2) is 4.34 Å². The molecule has 1 aromatic heterocycles. The number of hydrogen-bond acceptors (Lipinski definition) is 8. The van der Waals surface area contributed by atoms with E-state index < -0.39 is 4.92 Å². The highest BCUT2D eigenvalue weighted by molar-refractivity contribution is 8.01. The molecule has 7 nitrogen and oxygen atoms in total. The van der Waals surface area contributed by atoms with Gasteiger partial charge in [0.05, 0.1) is 17.1 Å². The average molecular weight is 312 g/mol. The lowest BCUT2D eigenvalue weighted by molar-refractivity contribution is -0.385. The molecule has 0 radical (unpaired) electrons. The lowest BCUT2D eigenvalue weighted by Crippen LogP contribution is -2.07. The second kappa shape index (κ2) is 6.16. The lowest BCUT2D eigenvalue weighted by Gasteiger charge is -2.04. The third kappa shape index (κ3) is 3.24. The van der Waals surface area contributed by atoms with Crippen molar-refractivity contribution in [3.05, 3.63) is 33.9 Å². The molecule has 9 heteroatoms. The Morgan fingerprint density at radius 1 is 1.45 bits per heavy atom. The molecule has 0 aliphatic heterocycles. The van der Waals surface area contributed by atoms with Crippen LogP contribution in [0.5, 0.6) is 0 Å². The summed E-state index contributed by atoms with van der Waals surface area (Å²) >= 11 is 2.79. The molecule has 0 spiro atoms. The third-order valence-corrected chi connectivity index (χ3v) is 4.53. The second-order valence-corrected chi connectivity index (χ2v) is 6.33. The predicted molar refractivity (Wildman–Crippen MR) is 77.4 cm³/mol. The molecule has 2 aromatic rings. The van der Waals surface area contributed by atoms with Crippen molar-refractivity contribution in [1.29, 1.82) is 0 Å². The highest BCUT2D eigenvalue weighted by Crippen LogP contribution is 2.34. The molecule has 0 bridgehead atoms. The molecular weight excluding hydrogens is 300 g/mol. The summed E-state index contributed by atoms with van der Waals surface area (Å²) in [5, 5.41) is 28.8. The molecule has 0 atom stereocenters. The van der Waals surface area contributed by atoms with E-state index in [0.717, 1.165) is 14.4 Å². The molecule has 106 valence electrons. The topological polar surface area (TPSA) is 92.4 Å². The van der Waals surface area contributed by atoms with Gasteiger partial charge >= 0.3 is 0 Å². The summed E-state index contributed by atoms with van der Waals surface area (Å²) in [5.74, 6) is 0. The van der Waals surface area contributed by atoms with E-state index in [2.05, 4.69) is 10.2 Å². The van der Waals surface area contributed by atoms with Crippen LogP contribution in [-0.4, -0.2) is 34.3 Å². The minimum Gasteiger partial charge on any atom is -0.391 e. The largest absolute Gasteiger partial charge is 0.391 e. The van der Waals surface area contributed by atoms with Crippen molar-refractivity contribution in [2.45, 2.75) is 15.8 Å². The zero-order valence-corrected chi connectivity index (χ0v) is 12.4. The lowest BCUT2D eigenvalue weighted by atomic mass is 10.2. The number of aromatic nitrogens is 2. The predicted octanol–water partition coefficient (Wildman–Crippen LogP) is 2.16. The van der Waals surface area contributed by atoms with Gasteiger partial charge in [0.25, 0.3) is 5.69 Å². The van der Waals surface area contributed by atoms with Crippen molar-refractivity contribution < 1.29 is 10.0 Å². The fourth-order valence-corrected chi connectivity index (χ4v) is 3.26. The Kier molecular flexibility index (Phi) is 4.53. The van der Waals surface area contributed by atoms with Crippen LogP contribution in [0.3, 0.4) is 0 Å². The van der Waals surface area contributed by atoms with E-state index in [1.54, 1.807) is 12.1 Å². The van der Waals surface area contributed by atoms with Crippen LogP contribution in [0.1, 0.15) is 5.56 Å². The van der Waals surface area contributed by atoms with Gasteiger partial charge < -0.3 is 10.0 Å². The number of aliphatic hydroxyl groups excluding tert-OH is 1. The average Bonchev–Trinajstić information content (AvgIpc) is 2.87. The number of anilines is 1. The van der Waals surface area contributed by atoms with Gasteiger partial charge in [0.2, 0.25) is 5.13 Å². The van der Waals surface area contributed by atoms with Gasteiger partial charge in [-0.05, 0) is 12.1 Å². The Hall–Kier alpha value is -1.71. The maximum Gasteiger partial charge on any atom is 0.274 e. The molecule has 2 rings (SSSR count). The smallest absolute Gasteiger partial charge is 0.274 e. The summed E-state index contributed by atoms with van der Waals surface area (Å²) < 4.78 is 0.742. The first-order valence-electron chi connectivity index (χ1n) is 5.58. The summed E-state index contributed by atoms with van der Waals surface area (Å²) in [6.07, 6.45) is 0. The SMILES string of the molecule is CN(C)c1nnc(Sc2ccc([N+](=O)[O-])c(CO)c2)s1. The number of nitro groups is 1. The first kappa shape index (κ1) is 14.7. The van der Waals surface area contributed by atoms with Crippen molar-refractivity contribution >= 4 is 33.9 Å². The third-order valence-electron chi connectivity index (χ3n) is 2.40. The van der Waals surface area contributed by atoms with E-state index in [1.807, 2.05) is 19.0 Å². The molecule has 1 heterocycles. The van der Waals surface area contributed by atoms with Crippen molar-refractivity contribution in [2.75, 3.05) is 19.0 Å². The maximum atomic E-state index is 10.8. The van der Waals surface area contributed by atoms with E-state index in [4.69, 9.17) is 0 Å². The zero-order chi connectivity index (χ0) is 14.7. The molecule has 20 heavy (non-hydrogen) atoms. The highest BCUT2D eigenvalue weighted by Gasteiger charge is 2.15. The monoisotopic (exact) mass is 312 g/mol. The number of nitrogens with zero attached hydrogens (tertiary/aromatic N) is 4. The van der Waals surface area contributed by atoms with Gasteiger partial charge in [-0.25, -0.2) is 0 Å². The molecule has 1 N–H and O–H groups in total. The van der Waals surface area contributed by atoms with Gasteiger partial charge in [0.1, 0.15) is 0 Å². The molecule has 0 aliphatic carbocycles. The molecule has 0 amide bonds. The van der Waals surface area contributed by atoms with Gasteiger partial charge in [-0.3, -0.25) is 10.1 Å². The van der Waals surface area contributed by atoms with Crippen LogP contribution < -0.4 is 4.90 Å². The van der Waals surface area contributed by atoms with E-state index in [1.165, 1.54) is 29.2 Å². The van der Waals surface area contributed by atoms with Crippen LogP contribution >= 0.6 is 23.1 Å². The van der Waals surface area contributed by atoms with Crippen LogP contribution in [0.4, 0.5) is 10.8 Å². The minimum atomic E-state index is -0.505. The first-order valence-corrected chi connectivity index (χ1v) is 7.21. The number of nitro benzene ring substituents is 1. The first-order chi connectivity index (χ1) is 9.51. The van der Waals surface area contributed by atoms with Crippen LogP contribution in [0, 0.1) is 10.1 Å². The second-order valence-electron chi connectivity index (χ2n) is 4.05. The van der Waals surface area contributed by atoms with Crippen LogP contribution in [0.15, 0.2) is 27.4 Å². The van der Waals surface area contributed by atoms with Gasteiger partial charge in [0, 0.05) is 25.1 Å². The van der Waals surface area contributed by atoms with E-state index in [9.17, 15) is 15.2 Å². The standard InChI is InChI=1S/C11H12N4O3S2/c1-14(2)10-12-13-11(20-10)19-8-3-4-9(15(17)18)7(5-8)6-16/h3-5,16H,6H2,1-2H3. The molecule has 0 fully saturated rings. The highest BCUT2D eigenvalue weighted by atomic mass is 32.2. The van der Waals surface area contributed by atoms with Crippen molar-refractivity contribution in [2.24, 2.45) is 0 Å². The maximum absolute atomic E-state index is 10.8. The molecule has 1 aromatic carbocycles. The Balaban J connectivity index is 2.22. The molecule has 0 saturated carbocycles.